The van der Waals surface area contributed by atoms with Crippen molar-refractivity contribution < 1.29 is 14.4 Å². The fourth-order valence-corrected chi connectivity index (χ4v) is 4.63. The van der Waals surface area contributed by atoms with Gasteiger partial charge in [-0.15, -0.1) is 0 Å². The first kappa shape index (κ1) is 20.4. The number of hydrogen-bond donors (Lipinski definition) is 1. The molecule has 1 aliphatic heterocycles. The van der Waals surface area contributed by atoms with Crippen molar-refractivity contribution in [3.05, 3.63) is 35.9 Å². The fourth-order valence-electron chi connectivity index (χ4n) is 4.63. The van der Waals surface area contributed by atoms with Crippen molar-refractivity contribution in [2.45, 2.75) is 70.4 Å². The van der Waals surface area contributed by atoms with Crippen LogP contribution >= 0.6 is 0 Å². The number of likely N-dealkylation sites (N-methyl/N-ethyl adjacent to an activating group) is 1. The normalized spacial score (nSPS) is 23.0. The molecule has 1 N–H and O–H groups in total. The molecule has 152 valence electrons. The summed E-state index contributed by atoms with van der Waals surface area (Å²) in [5, 5.41) is 2.89. The molecule has 3 rings (SSSR count). The lowest BCUT2D eigenvalue weighted by atomic mass is 9.85. The van der Waals surface area contributed by atoms with E-state index >= 15 is 0 Å². The van der Waals surface area contributed by atoms with Gasteiger partial charge >= 0.3 is 6.03 Å². The van der Waals surface area contributed by atoms with Crippen molar-refractivity contribution in [3.63, 3.8) is 0 Å². The van der Waals surface area contributed by atoms with Crippen LogP contribution in [0.3, 0.4) is 0 Å². The molecule has 1 saturated carbocycles. The summed E-state index contributed by atoms with van der Waals surface area (Å²) >= 11 is 0. The fraction of sp³-hybridized carbons (Fsp3) is 0.591. The first-order valence-electron chi connectivity index (χ1n) is 10.5. The zero-order valence-electron chi connectivity index (χ0n) is 16.9. The topological polar surface area (TPSA) is 69.7 Å². The molecule has 1 aliphatic carbocycles. The van der Waals surface area contributed by atoms with E-state index in [-0.39, 0.29) is 24.4 Å². The summed E-state index contributed by atoms with van der Waals surface area (Å²) in [6, 6.07) is 9.08. The van der Waals surface area contributed by atoms with Gasteiger partial charge in [0.05, 0.1) is 0 Å². The highest BCUT2D eigenvalue weighted by molar-refractivity contribution is 6.09. The highest BCUT2D eigenvalue weighted by Crippen LogP contribution is 2.33. The molecule has 0 spiro atoms. The first-order chi connectivity index (χ1) is 13.5. The number of amides is 4. The molecule has 1 aromatic rings. The van der Waals surface area contributed by atoms with Gasteiger partial charge in [-0.3, -0.25) is 14.5 Å². The van der Waals surface area contributed by atoms with E-state index in [1.165, 1.54) is 6.42 Å². The van der Waals surface area contributed by atoms with Crippen LogP contribution in [0.25, 0.3) is 0 Å². The van der Waals surface area contributed by atoms with Crippen molar-refractivity contribution in [1.29, 1.82) is 0 Å². The Morgan fingerprint density at radius 2 is 1.82 bits per heavy atom. The maximum atomic E-state index is 13.3. The van der Waals surface area contributed by atoms with Gasteiger partial charge in [0.2, 0.25) is 5.91 Å². The van der Waals surface area contributed by atoms with Crippen LogP contribution in [0.1, 0.15) is 64.4 Å². The predicted octanol–water partition coefficient (Wildman–Crippen LogP) is 3.42. The summed E-state index contributed by atoms with van der Waals surface area (Å²) in [6.07, 6.45) is 6.73. The second kappa shape index (κ2) is 8.76. The molecule has 2 aliphatic rings. The number of nitrogens with one attached hydrogen (secondary N) is 1. The van der Waals surface area contributed by atoms with E-state index in [0.29, 0.717) is 13.0 Å². The second-order valence-electron chi connectivity index (χ2n) is 7.81. The Kier molecular flexibility index (Phi) is 6.37. The van der Waals surface area contributed by atoms with Crippen LogP contribution in [0.15, 0.2) is 30.3 Å². The lowest BCUT2D eigenvalue weighted by Gasteiger charge is -2.34. The van der Waals surface area contributed by atoms with Crippen molar-refractivity contribution in [3.8, 4) is 0 Å². The lowest BCUT2D eigenvalue weighted by Crippen LogP contribution is -2.48. The van der Waals surface area contributed by atoms with Gasteiger partial charge < -0.3 is 10.2 Å². The maximum absolute atomic E-state index is 13.3. The minimum atomic E-state index is -1.07. The number of rotatable bonds is 7. The largest absolute Gasteiger partial charge is 0.338 e. The van der Waals surface area contributed by atoms with E-state index in [1.54, 1.807) is 0 Å². The highest BCUT2D eigenvalue weighted by atomic mass is 16.2. The summed E-state index contributed by atoms with van der Waals surface area (Å²) < 4.78 is 0. The number of imide groups is 1. The van der Waals surface area contributed by atoms with Gasteiger partial charge in [0, 0.05) is 12.6 Å². The number of nitrogens with zero attached hydrogens (tertiary/aromatic N) is 2. The molecule has 1 heterocycles. The summed E-state index contributed by atoms with van der Waals surface area (Å²) in [5.41, 5.74) is -0.306. The van der Waals surface area contributed by atoms with E-state index in [9.17, 15) is 14.4 Å². The minimum Gasteiger partial charge on any atom is -0.338 e. The molecule has 0 bridgehead atoms. The van der Waals surface area contributed by atoms with E-state index in [1.807, 2.05) is 49.1 Å². The molecule has 1 aromatic carbocycles. The summed E-state index contributed by atoms with van der Waals surface area (Å²) in [7, 11) is 0. The van der Waals surface area contributed by atoms with E-state index < -0.39 is 11.6 Å². The number of carbonyl (C=O) groups is 3. The number of urea groups is 1. The maximum Gasteiger partial charge on any atom is 0.325 e. The van der Waals surface area contributed by atoms with Crippen molar-refractivity contribution in [1.82, 2.24) is 15.1 Å². The van der Waals surface area contributed by atoms with Crippen LogP contribution in [0.2, 0.25) is 0 Å². The molecule has 1 saturated heterocycles. The molecule has 0 radical (unpaired) electrons. The number of carbonyl (C=O) groups excluding carboxylic acids is 3. The number of benzene rings is 1. The summed E-state index contributed by atoms with van der Waals surface area (Å²) in [4.78, 5) is 42.0. The first-order valence-corrected chi connectivity index (χ1v) is 10.5. The Hall–Kier alpha value is -2.37. The zero-order chi connectivity index (χ0) is 20.1. The monoisotopic (exact) mass is 385 g/mol. The molecular weight excluding hydrogens is 354 g/mol. The van der Waals surface area contributed by atoms with Crippen molar-refractivity contribution >= 4 is 17.8 Å². The average Bonchev–Trinajstić information content (AvgIpc) is 2.95. The average molecular weight is 386 g/mol. The third-order valence-corrected chi connectivity index (χ3v) is 6.04. The van der Waals surface area contributed by atoms with Gasteiger partial charge in [-0.2, -0.15) is 0 Å². The van der Waals surface area contributed by atoms with Crippen molar-refractivity contribution in [2.24, 2.45) is 0 Å². The van der Waals surface area contributed by atoms with Gasteiger partial charge in [-0.1, -0.05) is 62.9 Å². The third kappa shape index (κ3) is 3.77. The molecule has 1 atom stereocenters. The lowest BCUT2D eigenvalue weighted by molar-refractivity contribution is -0.140. The molecule has 6 nitrogen and oxygen atoms in total. The molecule has 0 aromatic heterocycles. The van der Waals surface area contributed by atoms with E-state index in [4.69, 9.17) is 0 Å². The molecule has 1 unspecified atom stereocenters. The Bertz CT molecular complexity index is 715. The van der Waals surface area contributed by atoms with Crippen LogP contribution < -0.4 is 5.32 Å². The molecular formula is C22H31N3O3. The Morgan fingerprint density at radius 1 is 1.14 bits per heavy atom. The molecule has 6 heteroatoms. The van der Waals surface area contributed by atoms with Crippen LogP contribution in [0.5, 0.6) is 0 Å². The zero-order valence-corrected chi connectivity index (χ0v) is 16.9. The smallest absolute Gasteiger partial charge is 0.325 e. The Balaban J connectivity index is 1.79. The molecule has 28 heavy (non-hydrogen) atoms. The van der Waals surface area contributed by atoms with Crippen LogP contribution in [-0.4, -0.2) is 46.8 Å². The molecule has 2 fully saturated rings. The predicted molar refractivity (Wildman–Crippen MR) is 108 cm³/mol. The number of hydrogen-bond acceptors (Lipinski definition) is 3. The van der Waals surface area contributed by atoms with Crippen molar-refractivity contribution in [2.75, 3.05) is 13.1 Å². The summed E-state index contributed by atoms with van der Waals surface area (Å²) in [6.45, 7) is 4.36. The Labute approximate surface area is 167 Å². The third-order valence-electron chi connectivity index (χ3n) is 6.04. The second-order valence-corrected chi connectivity index (χ2v) is 7.81. The van der Waals surface area contributed by atoms with E-state index in [2.05, 4.69) is 5.32 Å². The highest BCUT2D eigenvalue weighted by Gasteiger charge is 2.52. The SMILES string of the molecule is CCCC1(c2ccccc2)NC(=O)N(CC(=O)N(CC)C2CCCCC2)C1=O. The quantitative estimate of drug-likeness (QED) is 0.731. The van der Waals surface area contributed by atoms with Gasteiger partial charge in [0.1, 0.15) is 12.1 Å². The van der Waals surface area contributed by atoms with Crippen LogP contribution in [0.4, 0.5) is 4.79 Å². The van der Waals surface area contributed by atoms with Gasteiger partial charge in [0.15, 0.2) is 0 Å². The minimum absolute atomic E-state index is 0.140. The van der Waals surface area contributed by atoms with Crippen LogP contribution in [-0.2, 0) is 15.1 Å². The van der Waals surface area contributed by atoms with Crippen LogP contribution in [0, 0.1) is 0 Å². The van der Waals surface area contributed by atoms with Gasteiger partial charge in [-0.25, -0.2) is 4.79 Å². The molecule has 4 amide bonds. The van der Waals surface area contributed by atoms with E-state index in [0.717, 1.165) is 42.6 Å². The summed E-state index contributed by atoms with van der Waals surface area (Å²) in [5.74, 6) is -0.461. The van der Waals surface area contributed by atoms with Gasteiger partial charge in [-0.05, 0) is 31.7 Å². The van der Waals surface area contributed by atoms with Gasteiger partial charge in [0.25, 0.3) is 5.91 Å². The standard InChI is InChI=1S/C22H31N3O3/c1-3-15-22(17-11-7-5-8-12-17)20(27)25(21(28)23-22)16-19(26)24(4-2)18-13-9-6-10-14-18/h5,7-8,11-12,18H,3-4,6,9-10,13-16H2,1-2H3,(H,23,28). The Morgan fingerprint density at radius 3 is 2.43 bits per heavy atom.